The highest BCUT2D eigenvalue weighted by atomic mass is 33.1. The Labute approximate surface area is 524 Å². The van der Waals surface area contributed by atoms with E-state index in [4.69, 9.17) is 9.15 Å². The second kappa shape index (κ2) is 23.5. The molecule has 20 rings (SSSR count). The Kier molecular flexibility index (Phi) is 15.8. The second-order valence-electron chi connectivity index (χ2n) is 27.4. The first-order chi connectivity index (χ1) is 42.2. The fraction of sp³-hybridized carbons (Fsp3) is 0.486. The molecule has 11 heterocycles. The number of piperidine rings is 1. The molecule has 1 aromatic heterocycles. The molecule has 2 saturated heterocycles. The molecule has 0 amide bonds. The maximum atomic E-state index is 15.8. The molecular weight excluding hydrogens is 1170 g/mol. The molecule has 0 radical (unpaired) electrons. The molecule has 87 heavy (non-hydrogen) atoms. The van der Waals surface area contributed by atoms with E-state index in [1.807, 2.05) is 16.9 Å². The molecule has 1 saturated carbocycles. The van der Waals surface area contributed by atoms with Crippen molar-refractivity contribution in [2.75, 3.05) is 18.9 Å². The molecule has 6 aromatic carbocycles. The van der Waals surface area contributed by atoms with E-state index in [9.17, 15) is 35.7 Å². The van der Waals surface area contributed by atoms with Gasteiger partial charge in [-0.25, -0.2) is 0 Å². The van der Waals surface area contributed by atoms with Gasteiger partial charge in [-0.15, -0.1) is 0 Å². The number of aliphatic hydroxyl groups is 4. The van der Waals surface area contributed by atoms with Crippen molar-refractivity contribution in [3.8, 4) is 45.4 Å². The maximum Gasteiger partial charge on any atom is 0.238 e. The molecule has 10 atom stereocenters. The zero-order valence-corrected chi connectivity index (χ0v) is 52.8. The Balaban J connectivity index is 0.953. The Morgan fingerprint density at radius 2 is 1.56 bits per heavy atom. The summed E-state index contributed by atoms with van der Waals surface area (Å²) in [5, 5.41) is 93.1. The molecule has 20 bridgehead atoms. The molecule has 8 N–H and O–H groups in total. The number of aromatic hydroxyl groups is 3. The van der Waals surface area contributed by atoms with Gasteiger partial charge in [0, 0.05) is 58.9 Å². The highest BCUT2D eigenvalue weighted by Gasteiger charge is 2.48. The van der Waals surface area contributed by atoms with E-state index in [0.29, 0.717) is 78.4 Å². The molecule has 3 fully saturated rings. The summed E-state index contributed by atoms with van der Waals surface area (Å²) < 4.78 is 14.1. The first-order valence-corrected chi connectivity index (χ1v) is 36.8. The third kappa shape index (κ3) is 10.5. The van der Waals surface area contributed by atoms with Crippen molar-refractivity contribution >= 4 is 64.9 Å². The van der Waals surface area contributed by atoms with Crippen LogP contribution >= 0.6 is 43.2 Å². The van der Waals surface area contributed by atoms with Crippen LogP contribution in [0.3, 0.4) is 0 Å². The zero-order valence-electron chi connectivity index (χ0n) is 49.6. The number of aliphatic hydroxyl groups excluding tert-OH is 3. The summed E-state index contributed by atoms with van der Waals surface area (Å²) in [6.07, 6.45) is 8.36. The van der Waals surface area contributed by atoms with Crippen molar-refractivity contribution < 1.29 is 44.9 Å². The van der Waals surface area contributed by atoms with Crippen molar-refractivity contribution in [2.24, 2.45) is 23.7 Å². The Hall–Kier alpha value is -4.81. The van der Waals surface area contributed by atoms with E-state index >= 15 is 4.79 Å². The van der Waals surface area contributed by atoms with Gasteiger partial charge in [-0.2, -0.15) is 0 Å². The number of hydrogen-bond donors (Lipinski definition) is 8. The lowest BCUT2D eigenvalue weighted by Crippen LogP contribution is -2.41. The fourth-order valence-corrected chi connectivity index (χ4v) is 23.0. The van der Waals surface area contributed by atoms with Crippen LogP contribution in [0.1, 0.15) is 169 Å². The number of hydrogen-bond acceptors (Lipinski definition) is 15. The number of phenols is 2. The summed E-state index contributed by atoms with van der Waals surface area (Å²) in [5.41, 5.74) is 10.8. The highest BCUT2D eigenvalue weighted by molar-refractivity contribution is 8.77. The second-order valence-corrected chi connectivity index (χ2v) is 32.7. The van der Waals surface area contributed by atoms with Gasteiger partial charge in [0.25, 0.3) is 0 Å². The zero-order chi connectivity index (χ0) is 59.6. The molecule has 13 aliphatic rings. The topological polar surface area (TPSA) is 193 Å². The van der Waals surface area contributed by atoms with Crippen LogP contribution < -0.4 is 15.5 Å². The lowest BCUT2D eigenvalue weighted by atomic mass is 9.64. The van der Waals surface area contributed by atoms with Gasteiger partial charge in [-0.05, 0) is 217 Å². The lowest BCUT2D eigenvalue weighted by molar-refractivity contribution is -0.0222. The first kappa shape index (κ1) is 58.6. The van der Waals surface area contributed by atoms with Gasteiger partial charge in [0.1, 0.15) is 34.3 Å². The van der Waals surface area contributed by atoms with Crippen LogP contribution in [-0.4, -0.2) is 83.8 Å². The SMILES string of the molecule is CC(C)Cc1cc2c3c(c1O)Cc1cccc(c1)[C@@H]1NC[C@@H](Cc4ccc(cc4)CC4CCC(O)(CC4)CC[C@H]4Cc5ccc6c7c8c(cc(c57)[C@@H]4CCO)-c4c(O)cc5oc-2c(O)c(=O)c5c4O[C@H]2C[C@@H]8[C@@H](O)[C@@H]6SSCCC[C@@H]2O)C[C@H]1SSC3. The first-order valence-electron chi connectivity index (χ1n) is 32.1. The Bertz CT molecular complexity index is 3900. The average molecular weight is 1250 g/mol. The van der Waals surface area contributed by atoms with E-state index in [1.165, 1.54) is 28.3 Å². The minimum Gasteiger partial charge on any atom is -0.507 e. The fourth-order valence-electron chi connectivity index (χ4n) is 17.1. The van der Waals surface area contributed by atoms with Crippen molar-refractivity contribution in [2.45, 2.75) is 175 Å². The van der Waals surface area contributed by atoms with Crippen molar-refractivity contribution in [3.05, 3.63) is 150 Å². The molecule has 3 aliphatic carbocycles. The number of ether oxygens (including phenoxy) is 1. The summed E-state index contributed by atoms with van der Waals surface area (Å²) in [6.45, 7) is 5.03. The van der Waals surface area contributed by atoms with Gasteiger partial charge < -0.3 is 50.2 Å². The molecule has 0 spiro atoms. The predicted molar refractivity (Wildman–Crippen MR) is 353 cm³/mol. The van der Waals surface area contributed by atoms with Crippen LogP contribution in [0.15, 0.2) is 88.1 Å². The van der Waals surface area contributed by atoms with Gasteiger partial charge in [0.15, 0.2) is 5.76 Å². The van der Waals surface area contributed by atoms with Crippen molar-refractivity contribution in [3.63, 3.8) is 0 Å². The quantitative estimate of drug-likeness (QED) is 0.0776. The van der Waals surface area contributed by atoms with Crippen LogP contribution in [0, 0.1) is 23.7 Å². The smallest absolute Gasteiger partial charge is 0.238 e. The van der Waals surface area contributed by atoms with Crippen LogP contribution in [0.4, 0.5) is 0 Å². The van der Waals surface area contributed by atoms with Gasteiger partial charge in [0.05, 0.1) is 28.6 Å². The largest absolute Gasteiger partial charge is 0.507 e. The number of phenolic OH excluding ortho intramolecular Hbond substituents is 2. The van der Waals surface area contributed by atoms with Crippen LogP contribution in [0.5, 0.6) is 23.0 Å². The van der Waals surface area contributed by atoms with Gasteiger partial charge in [-0.3, -0.25) is 4.79 Å². The monoisotopic (exact) mass is 1250 g/mol. The minimum atomic E-state index is -1.01. The van der Waals surface area contributed by atoms with Crippen molar-refractivity contribution in [1.29, 1.82) is 0 Å². The lowest BCUT2D eigenvalue weighted by Gasteiger charge is -2.44. The van der Waals surface area contributed by atoms with E-state index in [1.54, 1.807) is 32.4 Å². The number of nitrogens with one attached hydrogen (secondary N) is 1. The summed E-state index contributed by atoms with van der Waals surface area (Å²) >= 11 is 0. The van der Waals surface area contributed by atoms with Gasteiger partial charge in [0.2, 0.25) is 11.2 Å². The van der Waals surface area contributed by atoms with Gasteiger partial charge >= 0.3 is 0 Å². The summed E-state index contributed by atoms with van der Waals surface area (Å²) in [4.78, 5) is 15.8. The van der Waals surface area contributed by atoms with Crippen LogP contribution in [0.2, 0.25) is 0 Å². The van der Waals surface area contributed by atoms with Crippen molar-refractivity contribution in [1.82, 2.24) is 5.32 Å². The maximum absolute atomic E-state index is 15.8. The predicted octanol–water partition coefficient (Wildman–Crippen LogP) is 14.4. The normalized spacial score (nSPS) is 29.4. The number of fused-ring (bicyclic) bond motifs is 8. The molecular formula is C72H79NO10S4. The standard InChI is InChI=1S/C72H79NO10S4/c1-36(2)23-45-30-50-53-35-85-86-58-28-41(34-73-64(58)44-6-3-5-40(26-44)27-49(53)65(45)77)25-38-10-8-37(9-11-38)24-39-14-18-72(81,19-15-39)20-16-42-29-43-12-13-47-62-59(43)48(46(42)17-21-74)31-51-60(62)52-32-56(54(75)7-4-22-84-87-71(47)66(52)78)82-70-61(51)55(76)33-57-63(70)67(79)68(80)69(50)83-57/h3,5-6,8-13,26,30-31,33,36,39,41-42,46,52,54,56,58,64,66,71,73-78,80-81H,4,7,14-25,27-29,32,34-35H2,1-2H3/t39?,41-,42-,46+,52-,54-,56-,58+,64-,66+,71+,72?/m0/s1. The molecule has 0 unspecified atom stereocenters. The molecule has 10 aliphatic heterocycles. The summed E-state index contributed by atoms with van der Waals surface area (Å²) in [6, 6.07) is 28.0. The molecule has 15 heteroatoms. The summed E-state index contributed by atoms with van der Waals surface area (Å²) in [5.74, 6) is 0.870. The molecule has 11 nitrogen and oxygen atoms in total. The van der Waals surface area contributed by atoms with E-state index in [0.717, 1.165) is 109 Å². The minimum absolute atomic E-state index is 0.000704. The van der Waals surface area contributed by atoms with E-state index < -0.39 is 41.0 Å². The van der Waals surface area contributed by atoms with E-state index in [2.05, 4.69) is 85.9 Å². The summed E-state index contributed by atoms with van der Waals surface area (Å²) in [7, 11) is 6.94. The Morgan fingerprint density at radius 1 is 0.770 bits per heavy atom. The number of rotatable bonds is 4. The number of benzene rings is 6. The van der Waals surface area contributed by atoms with Gasteiger partial charge in [-0.1, -0.05) is 118 Å². The third-order valence-corrected chi connectivity index (χ3v) is 27.0. The molecule has 456 valence electrons. The van der Waals surface area contributed by atoms with Crippen LogP contribution in [0.25, 0.3) is 44.2 Å². The van der Waals surface area contributed by atoms with E-state index in [-0.39, 0.29) is 86.9 Å². The third-order valence-electron chi connectivity index (χ3n) is 21.4. The molecule has 7 aromatic rings. The van der Waals surface area contributed by atoms with Crippen LogP contribution in [-0.2, 0) is 37.9 Å². The highest BCUT2D eigenvalue weighted by Crippen LogP contribution is 2.62. The average Bonchev–Trinajstić information content (AvgIpc) is 0.842. The Morgan fingerprint density at radius 3 is 2.36 bits per heavy atom.